The third-order valence-corrected chi connectivity index (χ3v) is 2.74. The van der Waals surface area contributed by atoms with Crippen LogP contribution in [-0.2, 0) is 14.4 Å². The number of aliphatic hydroxyl groups is 1. The zero-order valence-electron chi connectivity index (χ0n) is 12.9. The van der Waals surface area contributed by atoms with E-state index < -0.39 is 30.4 Å². The fourth-order valence-electron chi connectivity index (χ4n) is 1.68. The van der Waals surface area contributed by atoms with Crippen LogP contribution in [0.1, 0.15) is 12.0 Å². The third-order valence-electron chi connectivity index (χ3n) is 2.74. The van der Waals surface area contributed by atoms with Gasteiger partial charge in [0.15, 0.2) is 17.6 Å². The summed E-state index contributed by atoms with van der Waals surface area (Å²) in [7, 11) is 2.56. The van der Waals surface area contributed by atoms with Gasteiger partial charge in [0, 0.05) is 6.08 Å². The van der Waals surface area contributed by atoms with Gasteiger partial charge < -0.3 is 29.5 Å². The van der Waals surface area contributed by atoms with E-state index in [0.717, 1.165) is 6.08 Å². The molecule has 0 amide bonds. The molecule has 0 unspecified atom stereocenters. The van der Waals surface area contributed by atoms with Crippen molar-refractivity contribution >= 4 is 24.0 Å². The van der Waals surface area contributed by atoms with Gasteiger partial charge in [-0.2, -0.15) is 0 Å². The first-order valence-electron chi connectivity index (χ1n) is 6.57. The SMILES string of the molecule is COc1cc(/C=C/C(=O)O)cc(OC)c1OC(=O)[C@@H](O)CC(=O)O. The lowest BCUT2D eigenvalue weighted by Crippen LogP contribution is -2.28. The first-order chi connectivity index (χ1) is 11.3. The number of carboxylic acids is 2. The third kappa shape index (κ3) is 5.29. The second kappa shape index (κ2) is 8.53. The van der Waals surface area contributed by atoms with E-state index in [0.29, 0.717) is 5.56 Å². The number of rotatable bonds is 8. The number of hydrogen-bond acceptors (Lipinski definition) is 7. The van der Waals surface area contributed by atoms with Crippen LogP contribution < -0.4 is 14.2 Å². The van der Waals surface area contributed by atoms with E-state index in [4.69, 9.17) is 24.4 Å². The monoisotopic (exact) mass is 340 g/mol. The van der Waals surface area contributed by atoms with Gasteiger partial charge in [-0.05, 0) is 23.8 Å². The predicted molar refractivity (Wildman–Crippen MR) is 80.1 cm³/mol. The fourth-order valence-corrected chi connectivity index (χ4v) is 1.68. The molecule has 0 aliphatic rings. The number of carboxylic acid groups (broad SMARTS) is 2. The molecule has 3 N–H and O–H groups in total. The summed E-state index contributed by atoms with van der Waals surface area (Å²) in [5.74, 6) is -3.80. The fraction of sp³-hybridized carbons (Fsp3) is 0.267. The van der Waals surface area contributed by atoms with Gasteiger partial charge in [-0.25, -0.2) is 9.59 Å². The van der Waals surface area contributed by atoms with E-state index in [-0.39, 0.29) is 17.2 Å². The zero-order chi connectivity index (χ0) is 18.3. The van der Waals surface area contributed by atoms with Crippen LogP contribution in [0.3, 0.4) is 0 Å². The maximum Gasteiger partial charge on any atom is 0.341 e. The summed E-state index contributed by atoms with van der Waals surface area (Å²) in [5, 5.41) is 26.7. The van der Waals surface area contributed by atoms with Crippen LogP contribution >= 0.6 is 0 Å². The van der Waals surface area contributed by atoms with Crippen LogP contribution in [0.4, 0.5) is 0 Å². The van der Waals surface area contributed by atoms with Crippen LogP contribution in [0.25, 0.3) is 6.08 Å². The Morgan fingerprint density at radius 3 is 2.08 bits per heavy atom. The zero-order valence-corrected chi connectivity index (χ0v) is 12.9. The maximum absolute atomic E-state index is 11.7. The Bertz CT molecular complexity index is 638. The molecule has 1 atom stereocenters. The first-order valence-corrected chi connectivity index (χ1v) is 6.57. The smallest absolute Gasteiger partial charge is 0.341 e. The molecule has 0 aliphatic heterocycles. The predicted octanol–water partition coefficient (Wildman–Crippen LogP) is 0.543. The Kier molecular flexibility index (Phi) is 6.75. The van der Waals surface area contributed by atoms with E-state index in [1.165, 1.54) is 32.4 Å². The number of aliphatic carboxylic acids is 2. The topological polar surface area (TPSA) is 140 Å². The summed E-state index contributed by atoms with van der Waals surface area (Å²) in [6.07, 6.45) is -0.499. The number of benzene rings is 1. The van der Waals surface area contributed by atoms with Crippen LogP contribution in [0.2, 0.25) is 0 Å². The molecular formula is C15H16O9. The van der Waals surface area contributed by atoms with E-state index >= 15 is 0 Å². The van der Waals surface area contributed by atoms with Crippen molar-refractivity contribution in [3.05, 3.63) is 23.8 Å². The largest absolute Gasteiger partial charge is 0.493 e. The molecular weight excluding hydrogens is 324 g/mol. The van der Waals surface area contributed by atoms with Crippen molar-refractivity contribution in [2.75, 3.05) is 14.2 Å². The summed E-state index contributed by atoms with van der Waals surface area (Å²) in [6.45, 7) is 0. The number of carbonyl (C=O) groups excluding carboxylic acids is 1. The van der Waals surface area contributed by atoms with Gasteiger partial charge in [0.2, 0.25) is 5.75 Å². The van der Waals surface area contributed by atoms with Gasteiger partial charge in [0.05, 0.1) is 20.6 Å². The van der Waals surface area contributed by atoms with E-state index in [9.17, 15) is 19.5 Å². The highest BCUT2D eigenvalue weighted by atomic mass is 16.6. The normalized spacial score (nSPS) is 11.8. The second-order valence-corrected chi connectivity index (χ2v) is 4.46. The molecule has 9 nitrogen and oxygen atoms in total. The van der Waals surface area contributed by atoms with E-state index in [1.54, 1.807) is 0 Å². The molecule has 24 heavy (non-hydrogen) atoms. The summed E-state index contributed by atoms with van der Waals surface area (Å²) in [6, 6.07) is 2.77. The number of ether oxygens (including phenoxy) is 3. The Labute approximate surface area is 136 Å². The van der Waals surface area contributed by atoms with Crippen LogP contribution in [-0.4, -0.2) is 53.6 Å². The molecule has 1 aromatic carbocycles. The van der Waals surface area contributed by atoms with Crippen LogP contribution in [0.5, 0.6) is 17.2 Å². The molecule has 0 aromatic heterocycles. The second-order valence-electron chi connectivity index (χ2n) is 4.46. The average molecular weight is 340 g/mol. The molecule has 9 heteroatoms. The Hall–Kier alpha value is -3.07. The van der Waals surface area contributed by atoms with Gasteiger partial charge >= 0.3 is 17.9 Å². The number of hydrogen-bond donors (Lipinski definition) is 3. The lowest BCUT2D eigenvalue weighted by molar-refractivity contribution is -0.151. The number of aliphatic hydroxyl groups excluding tert-OH is 1. The van der Waals surface area contributed by atoms with Crippen molar-refractivity contribution in [1.29, 1.82) is 0 Å². The molecule has 0 bridgehead atoms. The lowest BCUT2D eigenvalue weighted by Gasteiger charge is -2.15. The van der Waals surface area contributed by atoms with Crippen LogP contribution in [0.15, 0.2) is 18.2 Å². The highest BCUT2D eigenvalue weighted by Gasteiger charge is 2.24. The highest BCUT2D eigenvalue weighted by molar-refractivity contribution is 5.86. The minimum absolute atomic E-state index is 0.0373. The summed E-state index contributed by atoms with van der Waals surface area (Å²) in [4.78, 5) is 32.8. The van der Waals surface area contributed by atoms with Crippen molar-refractivity contribution in [3.8, 4) is 17.2 Å². The van der Waals surface area contributed by atoms with Gasteiger partial charge in [-0.1, -0.05) is 0 Å². The molecule has 0 aliphatic carbocycles. The molecule has 1 aromatic rings. The Balaban J connectivity index is 3.15. The summed E-state index contributed by atoms with van der Waals surface area (Å²) < 4.78 is 15.1. The van der Waals surface area contributed by atoms with Crippen molar-refractivity contribution in [2.24, 2.45) is 0 Å². The van der Waals surface area contributed by atoms with E-state index in [1.807, 2.05) is 0 Å². The molecule has 0 heterocycles. The van der Waals surface area contributed by atoms with Crippen molar-refractivity contribution in [1.82, 2.24) is 0 Å². The summed E-state index contributed by atoms with van der Waals surface area (Å²) in [5.41, 5.74) is 0.400. The van der Waals surface area contributed by atoms with Crippen molar-refractivity contribution < 1.29 is 43.9 Å². The minimum Gasteiger partial charge on any atom is -0.493 e. The quantitative estimate of drug-likeness (QED) is 0.351. The Morgan fingerprint density at radius 2 is 1.67 bits per heavy atom. The first kappa shape index (κ1) is 19.0. The van der Waals surface area contributed by atoms with Gasteiger partial charge in [0.1, 0.15) is 0 Å². The number of methoxy groups -OCH3 is 2. The molecule has 0 spiro atoms. The number of carbonyl (C=O) groups is 3. The van der Waals surface area contributed by atoms with Gasteiger partial charge in [0.25, 0.3) is 0 Å². The lowest BCUT2D eigenvalue weighted by atomic mass is 10.1. The van der Waals surface area contributed by atoms with Crippen molar-refractivity contribution in [3.63, 3.8) is 0 Å². The average Bonchev–Trinajstić information content (AvgIpc) is 2.52. The molecule has 0 radical (unpaired) electrons. The van der Waals surface area contributed by atoms with Gasteiger partial charge in [-0.15, -0.1) is 0 Å². The molecule has 1 rings (SSSR count). The molecule has 0 fully saturated rings. The molecule has 0 saturated heterocycles. The molecule has 0 saturated carbocycles. The van der Waals surface area contributed by atoms with Crippen molar-refractivity contribution in [2.45, 2.75) is 12.5 Å². The summed E-state index contributed by atoms with van der Waals surface area (Å²) >= 11 is 0. The standard InChI is InChI=1S/C15H16O9/c1-22-10-5-8(3-4-12(17)18)6-11(23-2)14(10)24-15(21)9(16)7-13(19)20/h3-6,9,16H,7H2,1-2H3,(H,17,18)(H,19,20)/b4-3+/t9-/m0/s1. The highest BCUT2D eigenvalue weighted by Crippen LogP contribution is 2.39. The Morgan fingerprint density at radius 1 is 1.12 bits per heavy atom. The number of esters is 1. The van der Waals surface area contributed by atoms with E-state index in [2.05, 4.69) is 0 Å². The minimum atomic E-state index is -1.86. The van der Waals surface area contributed by atoms with Gasteiger partial charge in [-0.3, -0.25) is 4.79 Å². The maximum atomic E-state index is 11.7. The van der Waals surface area contributed by atoms with Crippen LogP contribution in [0, 0.1) is 0 Å². The molecule has 130 valence electrons.